The first kappa shape index (κ1) is 38.8. The number of nitrogens with zero attached hydrogens (tertiary/aromatic N) is 4. The summed E-state index contributed by atoms with van der Waals surface area (Å²) in [7, 11) is 0. The lowest BCUT2D eigenvalue weighted by Crippen LogP contribution is -2.10. The van der Waals surface area contributed by atoms with Crippen LogP contribution >= 0.6 is 0 Å². The van der Waals surface area contributed by atoms with Gasteiger partial charge < -0.3 is 4.57 Å². The van der Waals surface area contributed by atoms with Gasteiger partial charge in [0.05, 0.1) is 16.7 Å². The number of rotatable bonds is 8. The molecule has 4 nitrogen and oxygen atoms in total. The highest BCUT2D eigenvalue weighted by Crippen LogP contribution is 2.40. The number of fused-ring (bicyclic) bond motifs is 3. The Morgan fingerprint density at radius 1 is 0.359 bits per heavy atom. The predicted octanol–water partition coefficient (Wildman–Crippen LogP) is 15.7. The molecule has 0 bridgehead atoms. The van der Waals surface area contributed by atoms with E-state index in [1.54, 1.807) is 0 Å². The summed E-state index contributed by atoms with van der Waals surface area (Å²) in [5.41, 5.74) is 17.4. The van der Waals surface area contributed by atoms with Crippen LogP contribution in [0.15, 0.2) is 224 Å². The molecule has 0 aliphatic carbocycles. The molecule has 4 heteroatoms. The van der Waals surface area contributed by atoms with E-state index in [4.69, 9.17) is 10.1 Å². The number of aromatic nitrogens is 4. The molecular weight excluding hydrogens is 777 g/mol. The summed E-state index contributed by atoms with van der Waals surface area (Å²) in [6, 6.07) is 80.3. The summed E-state index contributed by atoms with van der Waals surface area (Å²) in [5, 5.41) is 7.52. The monoisotopic (exact) mass is 822 g/mol. The van der Waals surface area contributed by atoms with Gasteiger partial charge in [0, 0.05) is 27.6 Å². The minimum absolute atomic E-state index is 0.120. The Hall–Kier alpha value is -8.08. The minimum Gasteiger partial charge on any atom is -0.309 e. The topological polar surface area (TPSA) is 35.6 Å². The van der Waals surface area contributed by atoms with Crippen LogP contribution in [0, 0.1) is 0 Å². The van der Waals surface area contributed by atoms with Gasteiger partial charge in [-0.25, -0.2) is 9.67 Å². The van der Waals surface area contributed by atoms with E-state index in [0.717, 1.165) is 33.9 Å². The van der Waals surface area contributed by atoms with Crippen LogP contribution in [0.1, 0.15) is 26.3 Å². The number of hydrogen-bond acceptors (Lipinski definition) is 2. The van der Waals surface area contributed by atoms with Crippen molar-refractivity contribution in [2.45, 2.75) is 26.2 Å². The lowest BCUT2D eigenvalue weighted by Gasteiger charge is -2.19. The Labute approximate surface area is 374 Å². The van der Waals surface area contributed by atoms with Gasteiger partial charge in [-0.2, -0.15) is 0 Å². The van der Waals surface area contributed by atoms with E-state index in [9.17, 15) is 0 Å². The summed E-state index contributed by atoms with van der Waals surface area (Å²) < 4.78 is 4.35. The zero-order valence-corrected chi connectivity index (χ0v) is 36.2. The van der Waals surface area contributed by atoms with Crippen molar-refractivity contribution in [3.8, 4) is 78.7 Å². The van der Waals surface area contributed by atoms with Crippen LogP contribution in [0.3, 0.4) is 0 Å². The molecule has 0 spiro atoms. The van der Waals surface area contributed by atoms with E-state index in [1.807, 2.05) is 41.1 Å². The largest absolute Gasteiger partial charge is 0.309 e. The lowest BCUT2D eigenvalue weighted by molar-refractivity contribution is 0.590. The maximum absolute atomic E-state index is 5.02. The SMILES string of the molecule is CC(C)(C)c1ccc(-c2ccc3c(c2)c2ccccc2n3-c2ccc(-c3ccccc3-c3ccccc3-c3ccc(-n4nc(-c5ccccc5)nc4-c4ccccc4)cc3)cc2)cc1. The normalized spacial score (nSPS) is 11.7. The number of hydrogen-bond donors (Lipinski definition) is 0. The quantitative estimate of drug-likeness (QED) is 0.153. The Balaban J connectivity index is 0.928. The highest BCUT2D eigenvalue weighted by atomic mass is 15.4. The molecule has 0 aliphatic heterocycles. The Bertz CT molecular complexity index is 3430. The van der Waals surface area contributed by atoms with Crippen molar-refractivity contribution in [3.63, 3.8) is 0 Å². The second-order valence-electron chi connectivity index (χ2n) is 17.5. The number of para-hydroxylation sites is 1. The summed E-state index contributed by atoms with van der Waals surface area (Å²) in [6.07, 6.45) is 0. The van der Waals surface area contributed by atoms with Crippen LogP contribution < -0.4 is 0 Å². The fraction of sp³-hybridized carbons (Fsp3) is 0.0667. The molecule has 64 heavy (non-hydrogen) atoms. The minimum atomic E-state index is 0.120. The van der Waals surface area contributed by atoms with E-state index in [0.29, 0.717) is 5.82 Å². The van der Waals surface area contributed by atoms with Crippen molar-refractivity contribution in [3.05, 3.63) is 230 Å². The fourth-order valence-electron chi connectivity index (χ4n) is 9.08. The molecule has 0 fully saturated rings. The summed E-state index contributed by atoms with van der Waals surface area (Å²) in [5.74, 6) is 1.50. The van der Waals surface area contributed by atoms with Gasteiger partial charge in [-0.1, -0.05) is 203 Å². The average molecular weight is 823 g/mol. The van der Waals surface area contributed by atoms with E-state index < -0.39 is 0 Å². The Morgan fingerprint density at radius 2 is 0.844 bits per heavy atom. The smallest absolute Gasteiger partial charge is 0.182 e. The van der Waals surface area contributed by atoms with Crippen molar-refractivity contribution in [2.24, 2.45) is 0 Å². The fourth-order valence-corrected chi connectivity index (χ4v) is 9.08. The molecule has 2 aromatic heterocycles. The second-order valence-corrected chi connectivity index (χ2v) is 17.5. The second kappa shape index (κ2) is 16.0. The zero-order valence-electron chi connectivity index (χ0n) is 36.2. The molecule has 0 saturated carbocycles. The molecule has 0 atom stereocenters. The van der Waals surface area contributed by atoms with E-state index in [1.165, 1.54) is 66.3 Å². The van der Waals surface area contributed by atoms with Crippen LogP contribution in [-0.2, 0) is 5.41 Å². The van der Waals surface area contributed by atoms with Gasteiger partial charge in [0.25, 0.3) is 0 Å². The van der Waals surface area contributed by atoms with Crippen molar-refractivity contribution >= 4 is 21.8 Å². The van der Waals surface area contributed by atoms with Gasteiger partial charge in [0.2, 0.25) is 0 Å². The van der Waals surface area contributed by atoms with Crippen molar-refractivity contribution < 1.29 is 0 Å². The van der Waals surface area contributed by atoms with Crippen LogP contribution in [0.5, 0.6) is 0 Å². The molecule has 0 unspecified atom stereocenters. The average Bonchev–Trinajstić information content (AvgIpc) is 3.95. The summed E-state index contributed by atoms with van der Waals surface area (Å²) in [4.78, 5) is 5.02. The molecule has 0 amide bonds. The first-order valence-electron chi connectivity index (χ1n) is 22.0. The van der Waals surface area contributed by atoms with Gasteiger partial charge in [-0.15, -0.1) is 5.10 Å². The molecule has 11 rings (SSSR count). The third-order valence-electron chi connectivity index (χ3n) is 12.4. The van der Waals surface area contributed by atoms with Gasteiger partial charge in [0.15, 0.2) is 11.6 Å². The maximum Gasteiger partial charge on any atom is 0.182 e. The van der Waals surface area contributed by atoms with Crippen LogP contribution in [0.25, 0.3) is 100 Å². The van der Waals surface area contributed by atoms with E-state index in [-0.39, 0.29) is 5.41 Å². The molecule has 9 aromatic carbocycles. The van der Waals surface area contributed by atoms with Gasteiger partial charge in [-0.05, 0) is 98.0 Å². The summed E-state index contributed by atoms with van der Waals surface area (Å²) >= 11 is 0. The molecule has 0 aliphatic rings. The first-order chi connectivity index (χ1) is 31.4. The predicted molar refractivity (Wildman–Crippen MR) is 267 cm³/mol. The molecule has 0 radical (unpaired) electrons. The molecule has 11 aromatic rings. The zero-order chi connectivity index (χ0) is 43.2. The third kappa shape index (κ3) is 7.09. The van der Waals surface area contributed by atoms with Crippen LogP contribution in [-0.4, -0.2) is 19.3 Å². The Morgan fingerprint density at radius 3 is 1.45 bits per heavy atom. The maximum atomic E-state index is 5.02. The summed E-state index contributed by atoms with van der Waals surface area (Å²) in [6.45, 7) is 6.79. The highest BCUT2D eigenvalue weighted by molar-refractivity contribution is 6.10. The van der Waals surface area contributed by atoms with Crippen LogP contribution in [0.2, 0.25) is 0 Å². The lowest BCUT2D eigenvalue weighted by atomic mass is 9.86. The van der Waals surface area contributed by atoms with Gasteiger partial charge in [-0.3, -0.25) is 0 Å². The van der Waals surface area contributed by atoms with Gasteiger partial charge in [0.1, 0.15) is 0 Å². The van der Waals surface area contributed by atoms with E-state index in [2.05, 4.69) is 213 Å². The van der Waals surface area contributed by atoms with Crippen molar-refractivity contribution in [1.29, 1.82) is 0 Å². The Kier molecular flexibility index (Phi) is 9.70. The molecular formula is C60H46N4. The van der Waals surface area contributed by atoms with Crippen LogP contribution in [0.4, 0.5) is 0 Å². The standard InChI is InChI=1S/C60H46N4/c1-60(2,3)47-33-26-41(27-34-47)46-32-39-57-55(40-46)54-24-14-15-25-56(54)63(57)48-35-28-42(29-36-48)50-20-10-12-22-52(50)53-23-13-11-21-51(53)43-30-37-49(38-31-43)64-59(45-18-8-5-9-19-45)61-58(62-64)44-16-6-4-7-17-44/h4-40H,1-3H3. The van der Waals surface area contributed by atoms with Gasteiger partial charge >= 0.3 is 0 Å². The molecule has 2 heterocycles. The van der Waals surface area contributed by atoms with Crippen molar-refractivity contribution in [1.82, 2.24) is 19.3 Å². The first-order valence-corrected chi connectivity index (χ1v) is 22.0. The molecule has 0 saturated heterocycles. The third-order valence-corrected chi connectivity index (χ3v) is 12.4. The van der Waals surface area contributed by atoms with Crippen molar-refractivity contribution in [2.75, 3.05) is 0 Å². The highest BCUT2D eigenvalue weighted by Gasteiger charge is 2.19. The van der Waals surface area contributed by atoms with E-state index >= 15 is 0 Å². The number of benzene rings is 9. The molecule has 306 valence electrons. The molecule has 0 N–H and O–H groups in total.